The first-order valence-corrected chi connectivity index (χ1v) is 9.02. The summed E-state index contributed by atoms with van der Waals surface area (Å²) in [6, 6.07) is 0.144. The molecule has 1 saturated heterocycles. The van der Waals surface area contributed by atoms with E-state index in [-0.39, 0.29) is 11.9 Å². The number of urea groups is 1. The number of imidazole rings is 1. The third kappa shape index (κ3) is 3.25. The Labute approximate surface area is 147 Å². The molecule has 134 valence electrons. The van der Waals surface area contributed by atoms with Crippen LogP contribution >= 0.6 is 0 Å². The standard InChI is InChI=1S/C17H25N7O/c1-13-19-14(2)24(20-13)11-15-9-22-8-5-18-16(22)12-23(10-15)17(25)21-6-3-4-7-21/h5,8,15H,3-4,6-7,9-12H2,1-2H3. The number of hydrogen-bond acceptors (Lipinski definition) is 4. The first-order chi connectivity index (χ1) is 12.1. The van der Waals surface area contributed by atoms with Gasteiger partial charge in [0.25, 0.3) is 0 Å². The Bertz CT molecular complexity index is 759. The molecule has 2 aromatic rings. The number of carbonyl (C=O) groups is 1. The molecule has 4 heterocycles. The third-order valence-corrected chi connectivity index (χ3v) is 5.11. The molecule has 0 spiro atoms. The molecule has 0 N–H and O–H groups in total. The van der Waals surface area contributed by atoms with Gasteiger partial charge in [0.1, 0.15) is 17.5 Å². The van der Waals surface area contributed by atoms with Gasteiger partial charge in [-0.2, -0.15) is 5.10 Å². The summed E-state index contributed by atoms with van der Waals surface area (Å²) in [5, 5.41) is 4.49. The van der Waals surface area contributed by atoms with Gasteiger partial charge in [0, 0.05) is 51.0 Å². The van der Waals surface area contributed by atoms with E-state index in [1.165, 1.54) is 0 Å². The van der Waals surface area contributed by atoms with Crippen molar-refractivity contribution in [3.8, 4) is 0 Å². The van der Waals surface area contributed by atoms with Gasteiger partial charge in [-0.3, -0.25) is 0 Å². The molecule has 2 aliphatic heterocycles. The van der Waals surface area contributed by atoms with Gasteiger partial charge < -0.3 is 14.4 Å². The van der Waals surface area contributed by atoms with E-state index in [1.807, 2.05) is 40.7 Å². The van der Waals surface area contributed by atoms with Crippen LogP contribution in [-0.2, 0) is 19.6 Å². The van der Waals surface area contributed by atoms with E-state index in [2.05, 4.69) is 19.6 Å². The molecule has 0 radical (unpaired) electrons. The van der Waals surface area contributed by atoms with Crippen LogP contribution in [0.1, 0.15) is 30.3 Å². The Kier molecular flexibility index (Phi) is 4.19. The molecule has 0 saturated carbocycles. The molecule has 1 fully saturated rings. The van der Waals surface area contributed by atoms with E-state index in [0.717, 1.165) is 63.0 Å². The minimum atomic E-state index is 0.144. The first-order valence-electron chi connectivity index (χ1n) is 9.02. The average Bonchev–Trinajstić information content (AvgIpc) is 3.28. The fourth-order valence-electron chi connectivity index (χ4n) is 3.89. The average molecular weight is 343 g/mol. The molecule has 8 nitrogen and oxygen atoms in total. The van der Waals surface area contributed by atoms with Crippen molar-refractivity contribution in [1.82, 2.24) is 34.1 Å². The number of hydrogen-bond donors (Lipinski definition) is 0. The van der Waals surface area contributed by atoms with E-state index in [4.69, 9.17) is 0 Å². The van der Waals surface area contributed by atoms with Crippen molar-refractivity contribution in [3.63, 3.8) is 0 Å². The maximum atomic E-state index is 12.9. The molecule has 1 unspecified atom stereocenters. The second-order valence-electron chi connectivity index (χ2n) is 7.11. The van der Waals surface area contributed by atoms with E-state index in [9.17, 15) is 4.79 Å². The molecular weight excluding hydrogens is 318 g/mol. The highest BCUT2D eigenvalue weighted by molar-refractivity contribution is 5.74. The van der Waals surface area contributed by atoms with E-state index < -0.39 is 0 Å². The SMILES string of the molecule is Cc1nc(C)n(CC2CN(C(=O)N3CCCC3)Cc3nccn3C2)n1. The van der Waals surface area contributed by atoms with Crippen LogP contribution in [0.4, 0.5) is 4.79 Å². The summed E-state index contributed by atoms with van der Waals surface area (Å²) < 4.78 is 4.13. The Morgan fingerprint density at radius 1 is 1.20 bits per heavy atom. The Morgan fingerprint density at radius 3 is 2.72 bits per heavy atom. The molecule has 8 heteroatoms. The molecule has 25 heavy (non-hydrogen) atoms. The summed E-state index contributed by atoms with van der Waals surface area (Å²) in [7, 11) is 0. The van der Waals surface area contributed by atoms with Crippen LogP contribution in [0.15, 0.2) is 12.4 Å². The van der Waals surface area contributed by atoms with Gasteiger partial charge in [0.2, 0.25) is 0 Å². The number of aromatic nitrogens is 5. The number of likely N-dealkylation sites (tertiary alicyclic amines) is 1. The minimum absolute atomic E-state index is 0.144. The lowest BCUT2D eigenvalue weighted by molar-refractivity contribution is 0.149. The van der Waals surface area contributed by atoms with Gasteiger partial charge in [-0.1, -0.05) is 0 Å². The number of nitrogens with zero attached hydrogens (tertiary/aromatic N) is 7. The maximum absolute atomic E-state index is 12.9. The second-order valence-corrected chi connectivity index (χ2v) is 7.11. The second kappa shape index (κ2) is 6.50. The zero-order valence-corrected chi connectivity index (χ0v) is 14.9. The van der Waals surface area contributed by atoms with Crippen molar-refractivity contribution in [2.45, 2.75) is 46.3 Å². The van der Waals surface area contributed by atoms with Crippen LogP contribution in [0, 0.1) is 19.8 Å². The zero-order valence-electron chi connectivity index (χ0n) is 14.9. The predicted octanol–water partition coefficient (Wildman–Crippen LogP) is 1.44. The highest BCUT2D eigenvalue weighted by Crippen LogP contribution is 2.20. The lowest BCUT2D eigenvalue weighted by atomic mass is 10.1. The molecule has 0 aromatic carbocycles. The van der Waals surface area contributed by atoms with Crippen LogP contribution in [0.25, 0.3) is 0 Å². The van der Waals surface area contributed by atoms with Crippen LogP contribution in [0.3, 0.4) is 0 Å². The number of aryl methyl sites for hydroxylation is 2. The monoisotopic (exact) mass is 343 g/mol. The maximum Gasteiger partial charge on any atom is 0.320 e. The van der Waals surface area contributed by atoms with Crippen LogP contribution < -0.4 is 0 Å². The molecule has 1 atom stereocenters. The van der Waals surface area contributed by atoms with E-state index >= 15 is 0 Å². The number of amides is 2. The van der Waals surface area contributed by atoms with Crippen LogP contribution in [0.5, 0.6) is 0 Å². The highest BCUT2D eigenvalue weighted by Gasteiger charge is 2.30. The Hall–Kier alpha value is -2.38. The highest BCUT2D eigenvalue weighted by atomic mass is 16.2. The van der Waals surface area contributed by atoms with Gasteiger partial charge in [-0.05, 0) is 26.7 Å². The van der Waals surface area contributed by atoms with Gasteiger partial charge in [0.05, 0.1) is 6.54 Å². The molecular formula is C17H25N7O. The van der Waals surface area contributed by atoms with Crippen molar-refractivity contribution in [2.75, 3.05) is 19.6 Å². The predicted molar refractivity (Wildman–Crippen MR) is 91.8 cm³/mol. The molecule has 0 aliphatic carbocycles. The quantitative estimate of drug-likeness (QED) is 0.827. The van der Waals surface area contributed by atoms with Crippen molar-refractivity contribution in [2.24, 2.45) is 5.92 Å². The Morgan fingerprint density at radius 2 is 2.00 bits per heavy atom. The molecule has 0 bridgehead atoms. The van der Waals surface area contributed by atoms with Crippen molar-refractivity contribution >= 4 is 6.03 Å². The lowest BCUT2D eigenvalue weighted by Gasteiger charge is -2.28. The van der Waals surface area contributed by atoms with E-state index in [1.54, 1.807) is 0 Å². The topological polar surface area (TPSA) is 72.1 Å². The minimum Gasteiger partial charge on any atom is -0.333 e. The van der Waals surface area contributed by atoms with Gasteiger partial charge in [0.15, 0.2) is 0 Å². The molecule has 2 aliphatic rings. The Balaban J connectivity index is 1.56. The number of carbonyl (C=O) groups excluding carboxylic acids is 1. The van der Waals surface area contributed by atoms with Crippen molar-refractivity contribution < 1.29 is 4.79 Å². The zero-order chi connectivity index (χ0) is 17.4. The largest absolute Gasteiger partial charge is 0.333 e. The number of rotatable bonds is 2. The normalized spacial score (nSPS) is 20.6. The van der Waals surface area contributed by atoms with Gasteiger partial charge in [-0.25, -0.2) is 19.4 Å². The summed E-state index contributed by atoms with van der Waals surface area (Å²) in [5.74, 6) is 2.95. The van der Waals surface area contributed by atoms with Gasteiger partial charge in [-0.15, -0.1) is 0 Å². The summed E-state index contributed by atoms with van der Waals surface area (Å²) >= 11 is 0. The van der Waals surface area contributed by atoms with Gasteiger partial charge >= 0.3 is 6.03 Å². The van der Waals surface area contributed by atoms with E-state index in [0.29, 0.717) is 6.54 Å². The summed E-state index contributed by atoms with van der Waals surface area (Å²) in [6.07, 6.45) is 6.04. The fourth-order valence-corrected chi connectivity index (χ4v) is 3.89. The molecule has 2 aromatic heterocycles. The summed E-state index contributed by atoms with van der Waals surface area (Å²) in [4.78, 5) is 25.7. The number of fused-ring (bicyclic) bond motifs is 1. The molecule has 2 amide bonds. The van der Waals surface area contributed by atoms with Crippen LogP contribution in [0.2, 0.25) is 0 Å². The fraction of sp³-hybridized carbons (Fsp3) is 0.647. The van der Waals surface area contributed by atoms with Crippen LogP contribution in [-0.4, -0.2) is 59.8 Å². The molecule has 4 rings (SSSR count). The smallest absolute Gasteiger partial charge is 0.320 e. The first kappa shape index (κ1) is 16.1. The van der Waals surface area contributed by atoms with Crippen molar-refractivity contribution in [3.05, 3.63) is 29.9 Å². The van der Waals surface area contributed by atoms with Crippen molar-refractivity contribution in [1.29, 1.82) is 0 Å². The summed E-state index contributed by atoms with van der Waals surface area (Å²) in [6.45, 7) is 8.53. The third-order valence-electron chi connectivity index (χ3n) is 5.11. The lowest BCUT2D eigenvalue weighted by Crippen LogP contribution is -2.43. The summed E-state index contributed by atoms with van der Waals surface area (Å²) in [5.41, 5.74) is 0.